The topological polar surface area (TPSA) is 79.9 Å². The van der Waals surface area contributed by atoms with Crippen LogP contribution in [0, 0.1) is 5.82 Å². The van der Waals surface area contributed by atoms with E-state index >= 15 is 0 Å². The van der Waals surface area contributed by atoms with Crippen LogP contribution in [0.15, 0.2) is 66.7 Å². The predicted molar refractivity (Wildman–Crippen MR) is 131 cm³/mol. The van der Waals surface area contributed by atoms with E-state index in [9.17, 15) is 14.0 Å². The van der Waals surface area contributed by atoms with E-state index in [1.54, 1.807) is 24.3 Å². The lowest BCUT2D eigenvalue weighted by Crippen LogP contribution is -2.51. The summed E-state index contributed by atoms with van der Waals surface area (Å²) in [6, 6.07) is 18.0. The molecule has 2 amide bonds. The molecule has 2 N–H and O–H groups in total. The third-order valence-corrected chi connectivity index (χ3v) is 6.52. The quantitative estimate of drug-likeness (QED) is 0.587. The molecule has 35 heavy (non-hydrogen) atoms. The number of amides is 2. The van der Waals surface area contributed by atoms with Gasteiger partial charge in [0.1, 0.15) is 18.5 Å². The van der Waals surface area contributed by atoms with Crippen LogP contribution in [0.25, 0.3) is 0 Å². The maximum Gasteiger partial charge on any atom is 0.251 e. The molecule has 8 heteroatoms. The highest BCUT2D eigenvalue weighted by Gasteiger charge is 2.32. The number of hydrogen-bond acceptors (Lipinski definition) is 5. The summed E-state index contributed by atoms with van der Waals surface area (Å²) >= 11 is 0. The van der Waals surface area contributed by atoms with Crippen LogP contribution < -0.4 is 25.0 Å². The lowest BCUT2D eigenvalue weighted by atomic mass is 9.99. The van der Waals surface area contributed by atoms with Gasteiger partial charge in [-0.25, -0.2) is 4.39 Å². The Hall–Kier alpha value is -4.07. The van der Waals surface area contributed by atoms with Crippen molar-refractivity contribution in [2.75, 3.05) is 23.9 Å². The van der Waals surface area contributed by atoms with Gasteiger partial charge in [0.15, 0.2) is 17.6 Å². The van der Waals surface area contributed by atoms with Gasteiger partial charge in [0.05, 0.1) is 17.4 Å². The molecule has 3 aromatic rings. The van der Waals surface area contributed by atoms with Crippen molar-refractivity contribution in [3.8, 4) is 11.5 Å². The van der Waals surface area contributed by atoms with Gasteiger partial charge in [-0.1, -0.05) is 24.3 Å². The van der Waals surface area contributed by atoms with E-state index in [-0.39, 0.29) is 30.3 Å². The molecule has 3 aromatic carbocycles. The zero-order valence-electron chi connectivity index (χ0n) is 19.5. The third kappa shape index (κ3) is 4.64. The van der Waals surface area contributed by atoms with Crippen LogP contribution >= 0.6 is 0 Å². The number of hydrogen-bond donors (Lipinski definition) is 2. The number of halogens is 1. The van der Waals surface area contributed by atoms with Gasteiger partial charge in [-0.15, -0.1) is 0 Å². The minimum Gasteiger partial charge on any atom is -0.486 e. The summed E-state index contributed by atoms with van der Waals surface area (Å²) in [4.78, 5) is 27.4. The molecular formula is C27H26FN3O4. The Morgan fingerprint density at radius 1 is 1.14 bits per heavy atom. The number of nitrogens with zero attached hydrogens (tertiary/aromatic N) is 1. The van der Waals surface area contributed by atoms with Crippen LogP contribution in [0.3, 0.4) is 0 Å². The van der Waals surface area contributed by atoms with Crippen molar-refractivity contribution in [3.63, 3.8) is 0 Å². The van der Waals surface area contributed by atoms with Crippen LogP contribution in [0.4, 0.5) is 15.8 Å². The zero-order chi connectivity index (χ0) is 24.5. The van der Waals surface area contributed by atoms with Crippen molar-refractivity contribution >= 4 is 23.2 Å². The van der Waals surface area contributed by atoms with E-state index in [0.29, 0.717) is 29.2 Å². The molecule has 2 aliphatic heterocycles. The van der Waals surface area contributed by atoms with Gasteiger partial charge in [-0.05, 0) is 61.4 Å². The number of carbonyl (C=O) groups excluding carboxylic acids is 2. The molecule has 3 unspecified atom stereocenters. The Morgan fingerprint density at radius 3 is 2.66 bits per heavy atom. The predicted octanol–water partition coefficient (Wildman–Crippen LogP) is 3.78. The first kappa shape index (κ1) is 22.7. The summed E-state index contributed by atoms with van der Waals surface area (Å²) in [7, 11) is 1.85. The van der Waals surface area contributed by atoms with Crippen LogP contribution in [0.1, 0.15) is 22.8 Å². The number of likely N-dealkylation sites (N-methyl/N-ethyl adjacent to an activating group) is 1. The fourth-order valence-corrected chi connectivity index (χ4v) is 4.34. The molecule has 5 rings (SSSR count). The molecule has 7 nitrogen and oxygen atoms in total. The first-order valence-corrected chi connectivity index (χ1v) is 11.5. The van der Waals surface area contributed by atoms with E-state index in [4.69, 9.17) is 9.47 Å². The van der Waals surface area contributed by atoms with Crippen molar-refractivity contribution in [1.29, 1.82) is 0 Å². The van der Waals surface area contributed by atoms with Gasteiger partial charge in [-0.3, -0.25) is 9.59 Å². The van der Waals surface area contributed by atoms with Crippen molar-refractivity contribution in [2.24, 2.45) is 0 Å². The van der Waals surface area contributed by atoms with Gasteiger partial charge in [0.2, 0.25) is 5.91 Å². The van der Waals surface area contributed by atoms with Gasteiger partial charge < -0.3 is 25.0 Å². The minimum absolute atomic E-state index is 0.127. The summed E-state index contributed by atoms with van der Waals surface area (Å²) in [5.74, 6) is 0.502. The number of carbonyl (C=O) groups is 2. The number of benzene rings is 3. The molecule has 2 heterocycles. The molecule has 0 bridgehead atoms. The van der Waals surface area contributed by atoms with Crippen molar-refractivity contribution in [3.05, 3.63) is 83.7 Å². The molecule has 0 aliphatic carbocycles. The Labute approximate surface area is 202 Å². The van der Waals surface area contributed by atoms with E-state index in [1.807, 2.05) is 49.2 Å². The second-order valence-corrected chi connectivity index (χ2v) is 8.83. The average Bonchev–Trinajstić information content (AvgIpc) is 2.87. The molecular weight excluding hydrogens is 449 g/mol. The van der Waals surface area contributed by atoms with E-state index in [2.05, 4.69) is 10.6 Å². The van der Waals surface area contributed by atoms with Crippen molar-refractivity contribution < 1.29 is 23.5 Å². The standard InChI is InChI=1S/C27H26FN3O4/c1-16-26(32)29-20-14-18(9-12-22(20)31(16)2)27(33)30-21(13-17-7-10-19(28)11-8-17)25-15-34-23-5-3-4-6-24(23)35-25/h3-12,14,16,21,25H,13,15H2,1-2H3,(H,29,32)(H,30,33). The van der Waals surface area contributed by atoms with Gasteiger partial charge in [0.25, 0.3) is 5.91 Å². The maximum absolute atomic E-state index is 13.4. The Balaban J connectivity index is 1.39. The second kappa shape index (κ2) is 9.29. The molecule has 180 valence electrons. The van der Waals surface area contributed by atoms with E-state index in [1.165, 1.54) is 12.1 Å². The third-order valence-electron chi connectivity index (χ3n) is 6.52. The Morgan fingerprint density at radius 2 is 1.89 bits per heavy atom. The number of fused-ring (bicyclic) bond motifs is 2. The monoisotopic (exact) mass is 475 g/mol. The van der Waals surface area contributed by atoms with Crippen LogP contribution in [-0.4, -0.2) is 43.7 Å². The summed E-state index contributed by atoms with van der Waals surface area (Å²) in [6.07, 6.45) is -0.0346. The smallest absolute Gasteiger partial charge is 0.251 e. The minimum atomic E-state index is -0.455. The highest BCUT2D eigenvalue weighted by atomic mass is 19.1. The number of para-hydroxylation sites is 2. The number of anilines is 2. The summed E-state index contributed by atoms with van der Waals surface area (Å²) in [6.45, 7) is 2.08. The lowest BCUT2D eigenvalue weighted by molar-refractivity contribution is -0.117. The molecule has 0 fully saturated rings. The molecule has 0 radical (unpaired) electrons. The fourth-order valence-electron chi connectivity index (χ4n) is 4.34. The zero-order valence-corrected chi connectivity index (χ0v) is 19.5. The average molecular weight is 476 g/mol. The molecule has 0 spiro atoms. The number of ether oxygens (including phenoxy) is 2. The SMILES string of the molecule is CC1C(=O)Nc2cc(C(=O)NC(Cc3ccc(F)cc3)C3COc4ccccc4O3)ccc2N1C. The molecule has 3 atom stereocenters. The normalized spacial score (nSPS) is 19.4. The maximum atomic E-state index is 13.4. The second-order valence-electron chi connectivity index (χ2n) is 8.83. The van der Waals surface area contributed by atoms with E-state index in [0.717, 1.165) is 11.3 Å². The van der Waals surface area contributed by atoms with E-state index < -0.39 is 12.1 Å². The number of nitrogens with one attached hydrogen (secondary N) is 2. The van der Waals surface area contributed by atoms with Gasteiger partial charge >= 0.3 is 0 Å². The largest absolute Gasteiger partial charge is 0.486 e. The molecule has 0 aromatic heterocycles. The van der Waals surface area contributed by atoms with Gasteiger partial charge in [0, 0.05) is 12.6 Å². The van der Waals surface area contributed by atoms with Gasteiger partial charge in [-0.2, -0.15) is 0 Å². The van der Waals surface area contributed by atoms with Crippen LogP contribution in [0.2, 0.25) is 0 Å². The highest BCUT2D eigenvalue weighted by Crippen LogP contribution is 2.33. The first-order chi connectivity index (χ1) is 16.9. The molecule has 0 saturated carbocycles. The first-order valence-electron chi connectivity index (χ1n) is 11.5. The fraction of sp³-hybridized carbons (Fsp3) is 0.259. The summed E-state index contributed by atoms with van der Waals surface area (Å²) < 4.78 is 25.5. The Bertz CT molecular complexity index is 1260. The number of rotatable bonds is 5. The van der Waals surface area contributed by atoms with Crippen LogP contribution in [-0.2, 0) is 11.2 Å². The van der Waals surface area contributed by atoms with Crippen molar-refractivity contribution in [2.45, 2.75) is 31.5 Å². The summed E-state index contributed by atoms with van der Waals surface area (Å²) in [5.41, 5.74) is 2.70. The molecule has 0 saturated heterocycles. The highest BCUT2D eigenvalue weighted by molar-refractivity contribution is 6.05. The Kier molecular flexibility index (Phi) is 6.03. The van der Waals surface area contributed by atoms with Crippen LogP contribution in [0.5, 0.6) is 11.5 Å². The summed E-state index contributed by atoms with van der Waals surface area (Å²) in [5, 5.41) is 5.94. The molecule has 2 aliphatic rings. The lowest BCUT2D eigenvalue weighted by Gasteiger charge is -2.34. The van der Waals surface area contributed by atoms with Crippen molar-refractivity contribution in [1.82, 2.24) is 5.32 Å².